The summed E-state index contributed by atoms with van der Waals surface area (Å²) < 4.78 is 137. The van der Waals surface area contributed by atoms with Gasteiger partial charge in [0, 0.05) is 5.02 Å². The van der Waals surface area contributed by atoms with Crippen LogP contribution in [0.25, 0.3) is 0 Å². The Morgan fingerprint density at radius 2 is 1.65 bits per heavy atom. The van der Waals surface area contributed by atoms with Crippen LogP contribution in [0.4, 0.5) is 49.6 Å². The Hall–Kier alpha value is -2.16. The number of amidine groups is 1. The molecule has 0 aliphatic carbocycles. The first kappa shape index (κ1) is 25.1. The fourth-order valence-electron chi connectivity index (χ4n) is 2.35. The molecular weight excluding hydrogens is 498 g/mol. The van der Waals surface area contributed by atoms with Crippen LogP contribution >= 0.6 is 23.4 Å². The number of hydrogen-bond acceptors (Lipinski definition) is 5. The van der Waals surface area contributed by atoms with Crippen LogP contribution in [0.5, 0.6) is 0 Å². The maximum atomic E-state index is 13.7. The average Bonchev–Trinajstić information content (AvgIpc) is 3.00. The molecule has 0 spiro atoms. The van der Waals surface area contributed by atoms with Crippen molar-refractivity contribution in [2.45, 2.75) is 24.1 Å². The van der Waals surface area contributed by atoms with Crippen LogP contribution in [0.1, 0.15) is 10.4 Å². The van der Waals surface area contributed by atoms with Crippen molar-refractivity contribution in [2.75, 3.05) is 12.4 Å². The summed E-state index contributed by atoms with van der Waals surface area (Å²) in [5.41, 5.74) is -6.53. The quantitative estimate of drug-likeness (QED) is 0.382. The fraction of sp³-hybridized carbons (Fsp3) is 0.333. The van der Waals surface area contributed by atoms with Crippen LogP contribution in [0.2, 0.25) is 5.02 Å². The third kappa shape index (κ3) is 4.56. The highest BCUT2D eigenvalue weighted by molar-refractivity contribution is 8.17. The molecule has 0 amide bonds. The molecule has 0 unspecified atom stereocenters. The number of hydrogen-bond donors (Lipinski definition) is 1. The van der Waals surface area contributed by atoms with E-state index in [9.17, 15) is 48.7 Å². The summed E-state index contributed by atoms with van der Waals surface area (Å²) in [7, 11) is 0.903. The van der Waals surface area contributed by atoms with E-state index in [2.05, 4.69) is 9.73 Å². The first-order chi connectivity index (χ1) is 14.0. The minimum absolute atomic E-state index is 0.158. The van der Waals surface area contributed by atoms with Gasteiger partial charge in [-0.25, -0.2) is 14.2 Å². The van der Waals surface area contributed by atoms with E-state index in [1.54, 1.807) is 0 Å². The van der Waals surface area contributed by atoms with Crippen molar-refractivity contribution in [3.8, 4) is 0 Å². The third-order valence-corrected chi connectivity index (χ3v) is 4.99. The second kappa shape index (κ2) is 8.07. The van der Waals surface area contributed by atoms with Gasteiger partial charge in [-0.15, -0.1) is 0 Å². The number of esters is 1. The zero-order valence-electron chi connectivity index (χ0n) is 14.6. The maximum absolute atomic E-state index is 13.7. The van der Waals surface area contributed by atoms with Gasteiger partial charge < -0.3 is 10.1 Å². The fourth-order valence-corrected chi connectivity index (χ4v) is 3.69. The van der Waals surface area contributed by atoms with Gasteiger partial charge in [-0.1, -0.05) is 23.4 Å². The normalized spacial score (nSPS) is 18.5. The summed E-state index contributed by atoms with van der Waals surface area (Å²) in [6, 6.07) is 2.96. The third-order valence-electron chi connectivity index (χ3n) is 3.69. The molecule has 172 valence electrons. The number of benzene rings is 1. The molecule has 0 fully saturated rings. The van der Waals surface area contributed by atoms with Gasteiger partial charge in [-0.3, -0.25) is 0 Å². The summed E-state index contributed by atoms with van der Waals surface area (Å²) in [5.74, 6) is -4.73. The Labute approximate surface area is 175 Å². The largest absolute Gasteiger partial charge is 0.465 e. The summed E-state index contributed by atoms with van der Waals surface area (Å²) >= 11 is 4.80. The van der Waals surface area contributed by atoms with Crippen LogP contribution in [0.15, 0.2) is 33.9 Å². The zero-order valence-corrected chi connectivity index (χ0v) is 16.1. The lowest BCUT2D eigenvalue weighted by atomic mass is 9.97. The molecule has 1 aliphatic rings. The van der Waals surface area contributed by atoms with Gasteiger partial charge in [-0.05, 0) is 18.2 Å². The molecule has 2 rings (SSSR count). The molecule has 0 aromatic heterocycles. The van der Waals surface area contributed by atoms with Crippen molar-refractivity contribution in [1.29, 1.82) is 0 Å². The van der Waals surface area contributed by atoms with E-state index in [0.29, 0.717) is 0 Å². The number of alkyl halides is 9. The Morgan fingerprint density at radius 1 is 1.10 bits per heavy atom. The van der Waals surface area contributed by atoms with Crippen LogP contribution < -0.4 is 5.32 Å². The number of rotatable bonds is 2. The first-order valence-corrected chi connectivity index (χ1v) is 8.68. The molecule has 1 aliphatic heterocycles. The molecular formula is C15H7ClF10N2O2S. The van der Waals surface area contributed by atoms with Gasteiger partial charge in [0.05, 0.1) is 23.3 Å². The van der Waals surface area contributed by atoms with E-state index in [-0.39, 0.29) is 5.02 Å². The van der Waals surface area contributed by atoms with Gasteiger partial charge in [0.1, 0.15) is 0 Å². The topological polar surface area (TPSA) is 50.7 Å². The Kier molecular flexibility index (Phi) is 6.54. The lowest BCUT2D eigenvalue weighted by Crippen LogP contribution is -2.55. The highest BCUT2D eigenvalue weighted by atomic mass is 35.5. The minimum Gasteiger partial charge on any atom is -0.465 e. The first-order valence-electron chi connectivity index (χ1n) is 7.49. The number of aliphatic imine (C=N–C) groups is 1. The number of nitrogens with one attached hydrogen (secondary N) is 1. The maximum Gasteiger partial charge on any atom is 0.443 e. The minimum atomic E-state index is -6.50. The molecule has 0 atom stereocenters. The molecule has 0 bridgehead atoms. The standard InChI is InChI=1S/C15H7ClF10N2O2S/c1-30-10(29)6-3-2-5(16)4-7(6)27-11-28-12(14(21,22)23,15(24,25)26)9(31-11)8(17)13(18,19)20/h2-4H,1H3,(H,27,28). The number of ether oxygens (including phenoxy) is 1. The number of methoxy groups -OCH3 is 1. The average molecular weight is 505 g/mol. The Morgan fingerprint density at radius 3 is 2.10 bits per heavy atom. The van der Waals surface area contributed by atoms with E-state index in [1.165, 1.54) is 0 Å². The van der Waals surface area contributed by atoms with E-state index in [4.69, 9.17) is 11.6 Å². The molecule has 4 nitrogen and oxygen atoms in total. The molecule has 1 aromatic carbocycles. The Bertz CT molecular complexity index is 939. The number of anilines is 1. The van der Waals surface area contributed by atoms with Gasteiger partial charge in [-0.2, -0.15) is 39.5 Å². The highest BCUT2D eigenvalue weighted by Crippen LogP contribution is 2.59. The number of nitrogens with zero attached hydrogens (tertiary/aromatic N) is 1. The van der Waals surface area contributed by atoms with Gasteiger partial charge >= 0.3 is 24.5 Å². The summed E-state index contributed by atoms with van der Waals surface area (Å²) in [6.07, 6.45) is -19.2. The van der Waals surface area contributed by atoms with Crippen molar-refractivity contribution in [3.63, 3.8) is 0 Å². The van der Waals surface area contributed by atoms with Crippen molar-refractivity contribution in [1.82, 2.24) is 0 Å². The molecule has 31 heavy (non-hydrogen) atoms. The van der Waals surface area contributed by atoms with Gasteiger partial charge in [0.15, 0.2) is 5.17 Å². The number of allylic oxidation sites excluding steroid dienone is 1. The lowest BCUT2D eigenvalue weighted by molar-refractivity contribution is -0.280. The van der Waals surface area contributed by atoms with Gasteiger partial charge in [0.25, 0.3) is 5.54 Å². The van der Waals surface area contributed by atoms with Crippen LogP contribution in [-0.4, -0.2) is 42.3 Å². The summed E-state index contributed by atoms with van der Waals surface area (Å²) in [6.45, 7) is 0. The smallest absolute Gasteiger partial charge is 0.443 e. The summed E-state index contributed by atoms with van der Waals surface area (Å²) in [5, 5.41) is 0.282. The molecule has 0 saturated heterocycles. The SMILES string of the molecule is COC(=O)c1ccc(Cl)cc1NC1=NC(C(F)(F)F)(C(F)(F)F)C(=C(F)C(F)(F)F)S1. The van der Waals surface area contributed by atoms with Gasteiger partial charge in [0.2, 0.25) is 5.83 Å². The predicted octanol–water partition coefficient (Wildman–Crippen LogP) is 6.25. The monoisotopic (exact) mass is 504 g/mol. The number of thioether (sulfide) groups is 1. The van der Waals surface area contributed by atoms with E-state index in [1.807, 2.05) is 5.32 Å². The zero-order chi connectivity index (χ0) is 24.0. The molecule has 1 heterocycles. The second-order valence-electron chi connectivity index (χ2n) is 5.67. The lowest BCUT2D eigenvalue weighted by Gasteiger charge is -2.31. The summed E-state index contributed by atoms with van der Waals surface area (Å²) in [4.78, 5) is 11.3. The van der Waals surface area contributed by atoms with Crippen LogP contribution in [-0.2, 0) is 4.74 Å². The molecule has 0 saturated carbocycles. The van der Waals surface area contributed by atoms with Crippen molar-refractivity contribution < 1.29 is 53.4 Å². The van der Waals surface area contributed by atoms with Crippen LogP contribution in [0, 0.1) is 0 Å². The number of carbonyl (C=O) groups is 1. The number of carbonyl (C=O) groups excluding carboxylic acids is 1. The van der Waals surface area contributed by atoms with E-state index < -0.39 is 68.9 Å². The predicted molar refractivity (Wildman–Crippen MR) is 90.5 cm³/mol. The van der Waals surface area contributed by atoms with E-state index in [0.717, 1.165) is 25.3 Å². The number of halogens is 11. The Balaban J connectivity index is 2.73. The van der Waals surface area contributed by atoms with Crippen molar-refractivity contribution in [3.05, 3.63) is 39.5 Å². The van der Waals surface area contributed by atoms with Crippen LogP contribution in [0.3, 0.4) is 0 Å². The molecule has 1 N–H and O–H groups in total. The molecule has 0 radical (unpaired) electrons. The molecule has 1 aromatic rings. The highest BCUT2D eigenvalue weighted by Gasteiger charge is 2.77. The molecule has 16 heteroatoms. The van der Waals surface area contributed by atoms with E-state index >= 15 is 0 Å². The van der Waals surface area contributed by atoms with Crippen molar-refractivity contribution in [2.24, 2.45) is 4.99 Å². The second-order valence-corrected chi connectivity index (χ2v) is 7.11. The van der Waals surface area contributed by atoms with Crippen molar-refractivity contribution >= 4 is 40.2 Å².